The Hall–Kier alpha value is -2.58. The molecule has 4 aliphatic rings. The molecule has 2 N–H and O–H groups in total. The molecule has 4 heterocycles. The van der Waals surface area contributed by atoms with Crippen LogP contribution < -0.4 is 5.73 Å². The molecule has 0 atom stereocenters. The lowest BCUT2D eigenvalue weighted by Gasteiger charge is -2.70. The molecule has 6 heteroatoms. The molecule has 4 saturated heterocycles. The van der Waals surface area contributed by atoms with Gasteiger partial charge in [-0.1, -0.05) is 91.0 Å². The van der Waals surface area contributed by atoms with Crippen LogP contribution in [0.1, 0.15) is 35.2 Å². The summed E-state index contributed by atoms with van der Waals surface area (Å²) in [5.41, 5.74) is 9.65. The van der Waals surface area contributed by atoms with Gasteiger partial charge in [-0.15, -0.1) is 0 Å². The highest BCUT2D eigenvalue weighted by molar-refractivity contribution is 5.31. The van der Waals surface area contributed by atoms with Gasteiger partial charge in [-0.25, -0.2) is 0 Å². The first-order valence-electron chi connectivity index (χ1n) is 13.1. The van der Waals surface area contributed by atoms with Crippen molar-refractivity contribution in [1.82, 2.24) is 14.7 Å². The van der Waals surface area contributed by atoms with Gasteiger partial charge < -0.3 is 15.2 Å². The maximum atomic E-state index is 6.24. The highest BCUT2D eigenvalue weighted by Gasteiger charge is 2.61. The van der Waals surface area contributed by atoms with Crippen molar-refractivity contribution in [3.63, 3.8) is 0 Å². The van der Waals surface area contributed by atoms with E-state index in [1.165, 1.54) is 16.7 Å². The Balaban J connectivity index is 1.37. The van der Waals surface area contributed by atoms with Crippen LogP contribution in [-0.4, -0.2) is 67.3 Å². The highest BCUT2D eigenvalue weighted by Crippen LogP contribution is 2.57. The maximum absolute atomic E-state index is 6.24. The van der Waals surface area contributed by atoms with Crippen LogP contribution in [-0.2, 0) is 9.47 Å². The van der Waals surface area contributed by atoms with Crippen molar-refractivity contribution in [2.75, 3.05) is 52.6 Å². The van der Waals surface area contributed by atoms with Crippen LogP contribution in [0, 0.1) is 5.41 Å². The molecule has 6 nitrogen and oxygen atoms in total. The predicted molar refractivity (Wildman–Crippen MR) is 141 cm³/mol. The minimum Gasteiger partial charge on any atom is -0.378 e. The van der Waals surface area contributed by atoms with Gasteiger partial charge in [-0.05, 0) is 16.7 Å². The third-order valence-corrected chi connectivity index (χ3v) is 7.77. The predicted octanol–water partition coefficient (Wildman–Crippen LogP) is 4.01. The molecule has 0 unspecified atom stereocenters. The van der Waals surface area contributed by atoms with Gasteiger partial charge in [0.2, 0.25) is 0 Å². The Morgan fingerprint density at radius 2 is 0.972 bits per heavy atom. The van der Waals surface area contributed by atoms with Gasteiger partial charge in [-0.2, -0.15) is 0 Å². The Bertz CT molecular complexity index is 972. The quantitative estimate of drug-likeness (QED) is 0.439. The second-order valence-corrected chi connectivity index (χ2v) is 10.3. The lowest BCUT2D eigenvalue weighted by molar-refractivity contribution is -0.293. The molecule has 0 radical (unpaired) electrons. The number of nitrogens with zero attached hydrogens (tertiary/aromatic N) is 3. The molecule has 4 bridgehead atoms. The molecule has 0 saturated carbocycles. The molecule has 4 fully saturated rings. The fourth-order valence-corrected chi connectivity index (χ4v) is 6.56. The number of rotatable bonds is 10. The number of hydrogen-bond donors (Lipinski definition) is 1. The minimum absolute atomic E-state index is 0.0513. The molecule has 4 aliphatic heterocycles. The van der Waals surface area contributed by atoms with E-state index in [1.54, 1.807) is 0 Å². The van der Waals surface area contributed by atoms with Gasteiger partial charge in [0.15, 0.2) is 0 Å². The third kappa shape index (κ3) is 4.39. The molecule has 0 amide bonds. The first-order valence-corrected chi connectivity index (χ1v) is 13.1. The van der Waals surface area contributed by atoms with E-state index < -0.39 is 0 Å². The number of ether oxygens (including phenoxy) is 2. The Morgan fingerprint density at radius 3 is 1.36 bits per heavy atom. The zero-order valence-electron chi connectivity index (χ0n) is 20.8. The molecule has 7 rings (SSSR count). The van der Waals surface area contributed by atoms with Crippen molar-refractivity contribution in [1.29, 1.82) is 0 Å². The topological polar surface area (TPSA) is 54.2 Å². The second kappa shape index (κ2) is 10.4. The average Bonchev–Trinajstić information content (AvgIpc) is 2.92. The third-order valence-electron chi connectivity index (χ3n) is 7.77. The van der Waals surface area contributed by atoms with E-state index in [4.69, 9.17) is 15.2 Å². The fourth-order valence-electron chi connectivity index (χ4n) is 6.56. The van der Waals surface area contributed by atoms with E-state index in [0.29, 0.717) is 26.4 Å². The van der Waals surface area contributed by atoms with Gasteiger partial charge in [0, 0.05) is 31.6 Å². The molecule has 3 aromatic rings. The normalized spacial score (nSPS) is 32.6. The molecule has 3 aromatic carbocycles. The largest absolute Gasteiger partial charge is 0.378 e. The van der Waals surface area contributed by atoms with E-state index in [1.807, 2.05) is 0 Å². The number of nitrogens with two attached hydrogens (primary N) is 1. The molecular weight excluding hydrogens is 448 g/mol. The van der Waals surface area contributed by atoms with Crippen molar-refractivity contribution < 1.29 is 9.47 Å². The molecule has 36 heavy (non-hydrogen) atoms. The van der Waals surface area contributed by atoms with E-state index in [9.17, 15) is 0 Å². The van der Waals surface area contributed by atoms with Crippen molar-refractivity contribution in [3.8, 4) is 0 Å². The molecular formula is C30H36N4O2. The highest BCUT2D eigenvalue weighted by atomic mass is 16.5. The van der Waals surface area contributed by atoms with Crippen LogP contribution in [0.4, 0.5) is 0 Å². The van der Waals surface area contributed by atoms with Crippen molar-refractivity contribution in [2.24, 2.45) is 11.1 Å². The van der Waals surface area contributed by atoms with Gasteiger partial charge in [0.1, 0.15) is 0 Å². The number of benzene rings is 3. The first-order chi connectivity index (χ1) is 17.8. The summed E-state index contributed by atoms with van der Waals surface area (Å²) in [4.78, 5) is 8.10. The van der Waals surface area contributed by atoms with Crippen molar-refractivity contribution >= 4 is 0 Å². The molecule has 188 valence electrons. The van der Waals surface area contributed by atoms with E-state index >= 15 is 0 Å². The second-order valence-electron chi connectivity index (χ2n) is 10.3. The van der Waals surface area contributed by atoms with Gasteiger partial charge >= 0.3 is 0 Å². The SMILES string of the molecule is NCCOCCOCC12CN3C(c4ccccc4)N(C1)C(c1ccccc1)N(C2)C3c1ccccc1. The molecule has 0 aromatic heterocycles. The standard InChI is InChI=1S/C30H36N4O2/c31-16-17-35-18-19-36-23-30-20-32-27(24-10-4-1-5-11-24)33(21-30)29(26-14-8-3-9-15-26)34(22-30)28(32)25-12-6-2-7-13-25/h1-15,27-29H,16-23,31H2. The Kier molecular flexibility index (Phi) is 6.89. The summed E-state index contributed by atoms with van der Waals surface area (Å²) in [6.07, 6.45) is 0.623. The summed E-state index contributed by atoms with van der Waals surface area (Å²) < 4.78 is 11.8. The van der Waals surface area contributed by atoms with E-state index in [0.717, 1.165) is 26.2 Å². The van der Waals surface area contributed by atoms with E-state index in [2.05, 4.69) is 106 Å². The summed E-state index contributed by atoms with van der Waals surface area (Å²) in [7, 11) is 0. The monoisotopic (exact) mass is 484 g/mol. The van der Waals surface area contributed by atoms with Crippen LogP contribution in [0.3, 0.4) is 0 Å². The Morgan fingerprint density at radius 1 is 0.583 bits per heavy atom. The maximum Gasteiger partial charge on any atom is 0.0916 e. The summed E-state index contributed by atoms with van der Waals surface area (Å²) in [5.74, 6) is 0. The Labute approximate surface area is 214 Å². The van der Waals surface area contributed by atoms with Crippen LogP contribution in [0.15, 0.2) is 91.0 Å². The smallest absolute Gasteiger partial charge is 0.0916 e. The average molecular weight is 485 g/mol. The van der Waals surface area contributed by atoms with Crippen LogP contribution in [0.5, 0.6) is 0 Å². The summed E-state index contributed by atoms with van der Waals surface area (Å²) in [6.45, 7) is 6.07. The zero-order valence-corrected chi connectivity index (χ0v) is 20.8. The van der Waals surface area contributed by atoms with Gasteiger partial charge in [-0.3, -0.25) is 14.7 Å². The molecule has 0 spiro atoms. The van der Waals surface area contributed by atoms with Crippen LogP contribution >= 0.6 is 0 Å². The fraction of sp³-hybridized carbons (Fsp3) is 0.400. The van der Waals surface area contributed by atoms with Crippen molar-refractivity contribution in [2.45, 2.75) is 18.5 Å². The van der Waals surface area contributed by atoms with E-state index in [-0.39, 0.29) is 23.9 Å². The summed E-state index contributed by atoms with van der Waals surface area (Å²) >= 11 is 0. The summed E-state index contributed by atoms with van der Waals surface area (Å²) in [5, 5.41) is 0. The lowest BCUT2D eigenvalue weighted by atomic mass is 9.76. The zero-order chi connectivity index (χ0) is 24.4. The van der Waals surface area contributed by atoms with Crippen LogP contribution in [0.25, 0.3) is 0 Å². The van der Waals surface area contributed by atoms with Gasteiger partial charge in [0.05, 0.1) is 44.9 Å². The molecule has 0 aliphatic carbocycles. The van der Waals surface area contributed by atoms with Crippen LogP contribution in [0.2, 0.25) is 0 Å². The van der Waals surface area contributed by atoms with Gasteiger partial charge in [0.25, 0.3) is 0 Å². The number of hydrogen-bond acceptors (Lipinski definition) is 6. The van der Waals surface area contributed by atoms with Crippen molar-refractivity contribution in [3.05, 3.63) is 108 Å². The summed E-state index contributed by atoms with van der Waals surface area (Å²) in [6, 6.07) is 33.0. The minimum atomic E-state index is 0.0513. The lowest BCUT2D eigenvalue weighted by Crippen LogP contribution is -2.75. The first kappa shape index (κ1) is 23.8.